The Kier molecular flexibility index (Phi) is 8.21. The Morgan fingerprint density at radius 2 is 1.44 bits per heavy atom. The van der Waals surface area contributed by atoms with Crippen LogP contribution < -0.4 is 4.74 Å². The van der Waals surface area contributed by atoms with Gasteiger partial charge in [0, 0.05) is 11.3 Å². The molecule has 27 heavy (non-hydrogen) atoms. The molecule has 0 saturated carbocycles. The monoisotopic (exact) mass is 411 g/mol. The van der Waals surface area contributed by atoms with Gasteiger partial charge in [-0.1, -0.05) is 76.2 Å². The lowest BCUT2D eigenvalue weighted by Crippen LogP contribution is -2.13. The Bertz CT molecular complexity index is 826. The highest BCUT2D eigenvalue weighted by atomic mass is 33.1. The number of aliphatic imine (C=N–C) groups is 1. The van der Waals surface area contributed by atoms with Gasteiger partial charge in [-0.2, -0.15) is 0 Å². The predicted molar refractivity (Wildman–Crippen MR) is 122 cm³/mol. The zero-order valence-corrected chi connectivity index (χ0v) is 17.5. The molecule has 0 bridgehead atoms. The molecule has 3 rings (SSSR count). The summed E-state index contributed by atoms with van der Waals surface area (Å²) in [6.45, 7) is 0. The molecule has 3 aromatic rings. The van der Waals surface area contributed by atoms with Crippen LogP contribution in [0.2, 0.25) is 0 Å². The van der Waals surface area contributed by atoms with E-state index in [9.17, 15) is 0 Å². The first-order chi connectivity index (χ1) is 13.3. The average Bonchev–Trinajstić information content (AvgIpc) is 2.73. The van der Waals surface area contributed by atoms with Crippen molar-refractivity contribution in [2.24, 2.45) is 4.99 Å². The Balaban J connectivity index is 1.71. The maximum absolute atomic E-state index is 6.12. The summed E-state index contributed by atoms with van der Waals surface area (Å²) in [5.41, 5.74) is 0.906. The van der Waals surface area contributed by atoms with Gasteiger partial charge in [0.2, 0.25) is 0 Å². The second-order valence-corrected chi connectivity index (χ2v) is 9.43. The van der Waals surface area contributed by atoms with Gasteiger partial charge in [-0.25, -0.2) is 4.99 Å². The molecule has 0 saturated heterocycles. The fourth-order valence-electron chi connectivity index (χ4n) is 2.27. The van der Waals surface area contributed by atoms with Crippen LogP contribution in [0.25, 0.3) is 0 Å². The minimum absolute atomic E-state index is 0.335. The first-order valence-electron chi connectivity index (χ1n) is 8.60. The minimum atomic E-state index is 0.335. The van der Waals surface area contributed by atoms with Gasteiger partial charge < -0.3 is 4.74 Å². The number of benzene rings is 3. The van der Waals surface area contributed by atoms with E-state index in [0.29, 0.717) is 4.58 Å². The van der Waals surface area contributed by atoms with Gasteiger partial charge in [-0.05, 0) is 42.7 Å². The average molecular weight is 412 g/mol. The van der Waals surface area contributed by atoms with Crippen LogP contribution in [-0.4, -0.2) is 16.7 Å². The molecule has 1 atom stereocenters. The lowest BCUT2D eigenvalue weighted by molar-refractivity contribution is 0.535. The molecular formula is C22H21NOS3. The SMILES string of the molecule is CSC(CC(=Nc1ccccc1)Oc1ccccc1)SSc1ccccc1. The van der Waals surface area contributed by atoms with Crippen molar-refractivity contribution in [2.45, 2.75) is 15.9 Å². The number of nitrogens with zero attached hydrogens (tertiary/aromatic N) is 1. The van der Waals surface area contributed by atoms with Crippen LogP contribution in [0.1, 0.15) is 6.42 Å². The third kappa shape index (κ3) is 7.01. The van der Waals surface area contributed by atoms with Crippen LogP contribution in [0.3, 0.4) is 0 Å². The van der Waals surface area contributed by atoms with Crippen LogP contribution in [0.15, 0.2) is 101 Å². The van der Waals surface area contributed by atoms with Gasteiger partial charge in [0.15, 0.2) is 5.90 Å². The Morgan fingerprint density at radius 1 is 0.852 bits per heavy atom. The molecule has 0 aliphatic rings. The number of rotatable bonds is 8. The van der Waals surface area contributed by atoms with E-state index in [0.717, 1.165) is 23.8 Å². The van der Waals surface area contributed by atoms with Crippen molar-refractivity contribution in [1.82, 2.24) is 0 Å². The number of hydrogen-bond acceptors (Lipinski definition) is 5. The summed E-state index contributed by atoms with van der Waals surface area (Å²) in [6, 6.07) is 30.3. The lowest BCUT2D eigenvalue weighted by Gasteiger charge is -2.16. The number of thioether (sulfide) groups is 1. The van der Waals surface area contributed by atoms with Crippen molar-refractivity contribution in [3.63, 3.8) is 0 Å². The smallest absolute Gasteiger partial charge is 0.197 e. The number of hydrogen-bond donors (Lipinski definition) is 0. The van der Waals surface area contributed by atoms with E-state index in [1.807, 2.05) is 89.3 Å². The molecule has 0 N–H and O–H groups in total. The first kappa shape index (κ1) is 19.9. The van der Waals surface area contributed by atoms with Gasteiger partial charge in [0.25, 0.3) is 0 Å². The summed E-state index contributed by atoms with van der Waals surface area (Å²) in [5, 5.41) is 0. The maximum Gasteiger partial charge on any atom is 0.197 e. The lowest BCUT2D eigenvalue weighted by atomic mass is 10.3. The van der Waals surface area contributed by atoms with Crippen LogP contribution in [-0.2, 0) is 0 Å². The van der Waals surface area contributed by atoms with Gasteiger partial charge in [0.1, 0.15) is 5.75 Å². The first-order valence-corrected chi connectivity index (χ1v) is 12.1. The normalized spacial score (nSPS) is 12.6. The van der Waals surface area contributed by atoms with Gasteiger partial charge in [-0.3, -0.25) is 0 Å². The van der Waals surface area contributed by atoms with E-state index in [1.165, 1.54) is 4.90 Å². The van der Waals surface area contributed by atoms with Crippen LogP contribution in [0, 0.1) is 0 Å². The zero-order chi connectivity index (χ0) is 18.7. The van der Waals surface area contributed by atoms with Crippen molar-refractivity contribution < 1.29 is 4.74 Å². The fourth-order valence-corrected chi connectivity index (χ4v) is 5.84. The second kappa shape index (κ2) is 11.1. The zero-order valence-electron chi connectivity index (χ0n) is 15.0. The van der Waals surface area contributed by atoms with Crippen LogP contribution in [0.5, 0.6) is 5.75 Å². The maximum atomic E-state index is 6.12. The molecule has 0 spiro atoms. The predicted octanol–water partition coefficient (Wildman–Crippen LogP) is 7.32. The van der Waals surface area contributed by atoms with E-state index >= 15 is 0 Å². The second-order valence-electron chi connectivity index (χ2n) is 5.62. The summed E-state index contributed by atoms with van der Waals surface area (Å²) in [5.74, 6) is 1.54. The van der Waals surface area contributed by atoms with Crippen molar-refractivity contribution in [1.29, 1.82) is 0 Å². The Hall–Kier alpha value is -1.82. The van der Waals surface area contributed by atoms with Gasteiger partial charge >= 0.3 is 0 Å². The molecule has 138 valence electrons. The highest BCUT2D eigenvalue weighted by Gasteiger charge is 2.15. The quantitative estimate of drug-likeness (QED) is 0.168. The molecule has 0 fully saturated rings. The molecule has 0 radical (unpaired) electrons. The van der Waals surface area contributed by atoms with Crippen LogP contribution >= 0.6 is 33.3 Å². The van der Waals surface area contributed by atoms with Gasteiger partial charge in [-0.15, -0.1) is 11.8 Å². The molecule has 0 aromatic heterocycles. The minimum Gasteiger partial charge on any atom is -0.443 e. The largest absolute Gasteiger partial charge is 0.443 e. The molecule has 0 aliphatic carbocycles. The molecule has 1 unspecified atom stereocenters. The van der Waals surface area contributed by atoms with E-state index in [2.05, 4.69) is 30.5 Å². The third-order valence-corrected chi connectivity index (χ3v) is 8.02. The third-order valence-electron chi connectivity index (χ3n) is 3.59. The number of para-hydroxylation sites is 2. The molecular weight excluding hydrogens is 390 g/mol. The Labute approximate surface area is 173 Å². The summed E-state index contributed by atoms with van der Waals surface area (Å²) >= 11 is 1.82. The molecule has 3 aromatic carbocycles. The summed E-state index contributed by atoms with van der Waals surface area (Å²) in [4.78, 5) is 6.01. The molecule has 0 aliphatic heterocycles. The molecule has 5 heteroatoms. The molecule has 0 amide bonds. The van der Waals surface area contributed by atoms with E-state index < -0.39 is 0 Å². The highest BCUT2D eigenvalue weighted by molar-refractivity contribution is 8.78. The Morgan fingerprint density at radius 3 is 2.07 bits per heavy atom. The van der Waals surface area contributed by atoms with Crippen molar-refractivity contribution >= 4 is 44.9 Å². The van der Waals surface area contributed by atoms with Crippen molar-refractivity contribution in [3.8, 4) is 5.75 Å². The summed E-state index contributed by atoms with van der Waals surface area (Å²) in [6.07, 6.45) is 2.88. The topological polar surface area (TPSA) is 21.6 Å². The van der Waals surface area contributed by atoms with E-state index in [-0.39, 0.29) is 0 Å². The molecule has 2 nitrogen and oxygen atoms in total. The van der Waals surface area contributed by atoms with E-state index in [4.69, 9.17) is 9.73 Å². The highest BCUT2D eigenvalue weighted by Crippen LogP contribution is 2.40. The summed E-state index contributed by atoms with van der Waals surface area (Å²) in [7, 11) is 3.64. The fraction of sp³-hybridized carbons (Fsp3) is 0.136. The standard InChI is InChI=1S/C22H21NOS3/c1-25-22(27-26-20-15-9-4-10-16-20)17-21(23-18-11-5-2-6-12-18)24-19-13-7-3-8-14-19/h2-16,22H,17H2,1H3. The van der Waals surface area contributed by atoms with Crippen molar-refractivity contribution in [3.05, 3.63) is 91.0 Å². The van der Waals surface area contributed by atoms with E-state index in [1.54, 1.807) is 10.8 Å². The van der Waals surface area contributed by atoms with Gasteiger partial charge in [0.05, 0.1) is 10.3 Å². The summed E-state index contributed by atoms with van der Waals surface area (Å²) < 4.78 is 6.45. The number of ether oxygens (including phenoxy) is 1. The van der Waals surface area contributed by atoms with Crippen LogP contribution in [0.4, 0.5) is 5.69 Å². The molecule has 0 heterocycles. The van der Waals surface area contributed by atoms with Crippen molar-refractivity contribution in [2.75, 3.05) is 6.26 Å².